The minimum Gasteiger partial charge on any atom is -0.376 e. The third-order valence-corrected chi connectivity index (χ3v) is 19.9. The van der Waals surface area contributed by atoms with E-state index in [4.69, 9.17) is 0 Å². The van der Waals surface area contributed by atoms with Crippen LogP contribution in [-0.4, -0.2) is 6.85 Å². The molecule has 14 rings (SSSR count). The average Bonchev–Trinajstić information content (AvgIpc) is 3.76. The van der Waals surface area contributed by atoms with Crippen LogP contribution >= 0.6 is 23.1 Å². The van der Waals surface area contributed by atoms with Crippen molar-refractivity contribution in [3.63, 3.8) is 0 Å². The van der Waals surface area contributed by atoms with Crippen LogP contribution in [0.2, 0.25) is 0 Å². The minimum atomic E-state index is -0.231. The van der Waals surface area contributed by atoms with Gasteiger partial charge in [-0.25, -0.2) is 0 Å². The van der Waals surface area contributed by atoms with Crippen molar-refractivity contribution in [2.24, 2.45) is 0 Å². The van der Waals surface area contributed by atoms with Crippen molar-refractivity contribution in [3.8, 4) is 22.3 Å². The van der Waals surface area contributed by atoms with Crippen molar-refractivity contribution < 1.29 is 0 Å². The molecule has 1 aromatic heterocycles. The summed E-state index contributed by atoms with van der Waals surface area (Å²) in [5, 5.41) is 5.21. The van der Waals surface area contributed by atoms with Gasteiger partial charge in [0.05, 0.1) is 0 Å². The number of hydrogen-bond donors (Lipinski definition) is 0. The number of rotatable bonds is 3. The molecule has 2 nitrogen and oxygen atoms in total. The first-order chi connectivity index (χ1) is 35.0. The van der Waals surface area contributed by atoms with E-state index in [9.17, 15) is 0 Å². The summed E-state index contributed by atoms with van der Waals surface area (Å²) in [6, 6.07) is 63.9. The molecule has 4 heterocycles. The van der Waals surface area contributed by atoms with Gasteiger partial charge in [0.2, 0.25) is 0 Å². The van der Waals surface area contributed by atoms with Crippen LogP contribution in [-0.2, 0) is 21.7 Å². The Morgan fingerprint density at radius 3 is 1.99 bits per heavy atom. The van der Waals surface area contributed by atoms with Crippen LogP contribution in [0, 0.1) is 6.92 Å². The molecular weight excluding hydrogens is 920 g/mol. The Morgan fingerprint density at radius 2 is 1.21 bits per heavy atom. The molecule has 0 radical (unpaired) electrons. The molecule has 9 aromatic carbocycles. The molecule has 0 bridgehead atoms. The fourth-order valence-electron chi connectivity index (χ4n) is 13.4. The van der Waals surface area contributed by atoms with Crippen LogP contribution in [0.25, 0.3) is 53.2 Å². The molecule has 0 unspecified atom stereocenters. The van der Waals surface area contributed by atoms with Crippen molar-refractivity contribution in [2.75, 3.05) is 9.71 Å². The largest absolute Gasteiger partial charge is 0.376 e. The minimum absolute atomic E-state index is 0.0340. The number of hydrogen-bond acceptors (Lipinski definition) is 4. The van der Waals surface area contributed by atoms with E-state index in [1.54, 1.807) is 0 Å². The highest BCUT2D eigenvalue weighted by Crippen LogP contribution is 2.58. The highest BCUT2D eigenvalue weighted by molar-refractivity contribution is 7.99. The summed E-state index contributed by atoms with van der Waals surface area (Å²) < 4.78 is 2.67. The maximum absolute atomic E-state index is 2.79. The van der Waals surface area contributed by atoms with Crippen LogP contribution in [0.15, 0.2) is 174 Å². The summed E-state index contributed by atoms with van der Waals surface area (Å²) in [5.74, 6) is 0. The highest BCUT2D eigenvalue weighted by Gasteiger charge is 2.49. The molecule has 358 valence electrons. The second-order valence-electron chi connectivity index (χ2n) is 24.4. The zero-order valence-electron chi connectivity index (χ0n) is 43.8. The normalized spacial score (nSPS) is 16.7. The number of aryl methyl sites for hydroxylation is 1. The molecule has 0 atom stereocenters. The monoisotopic (exact) mass is 980 g/mol. The Kier molecular flexibility index (Phi) is 9.59. The summed E-state index contributed by atoms with van der Waals surface area (Å²) >= 11 is 3.90. The molecule has 0 fully saturated rings. The summed E-state index contributed by atoms with van der Waals surface area (Å²) in [6.07, 6.45) is 2.34. The van der Waals surface area contributed by atoms with Gasteiger partial charge in [0, 0.05) is 74.9 Å². The van der Waals surface area contributed by atoms with Crippen LogP contribution in [0.5, 0.6) is 0 Å². The average molecular weight is 981 g/mol. The molecule has 10 aromatic rings. The van der Waals surface area contributed by atoms with E-state index < -0.39 is 0 Å². The fraction of sp³-hybridized carbons (Fsp3) is 0.235. The van der Waals surface area contributed by atoms with Gasteiger partial charge in [0.15, 0.2) is 0 Å². The van der Waals surface area contributed by atoms with Gasteiger partial charge in [-0.05, 0) is 151 Å². The van der Waals surface area contributed by atoms with E-state index in [1.165, 1.54) is 142 Å². The predicted molar refractivity (Wildman–Crippen MR) is 317 cm³/mol. The first kappa shape index (κ1) is 45.1. The van der Waals surface area contributed by atoms with Gasteiger partial charge in [-0.3, -0.25) is 0 Å². The van der Waals surface area contributed by atoms with E-state index >= 15 is 0 Å². The molecule has 0 N–H and O–H groups in total. The number of thiophene rings is 1. The van der Waals surface area contributed by atoms with Crippen LogP contribution in [0.4, 0.5) is 28.4 Å². The van der Waals surface area contributed by atoms with E-state index in [1.807, 2.05) is 23.1 Å². The Labute approximate surface area is 440 Å². The topological polar surface area (TPSA) is 6.48 Å². The number of anilines is 5. The van der Waals surface area contributed by atoms with Gasteiger partial charge < -0.3 is 9.71 Å². The first-order valence-electron chi connectivity index (χ1n) is 26.4. The van der Waals surface area contributed by atoms with Crippen molar-refractivity contribution in [1.82, 2.24) is 0 Å². The van der Waals surface area contributed by atoms with Gasteiger partial charge in [-0.1, -0.05) is 189 Å². The molecule has 0 amide bonds. The van der Waals surface area contributed by atoms with Crippen LogP contribution < -0.4 is 20.6 Å². The molecule has 0 saturated heterocycles. The predicted octanol–water partition coefficient (Wildman–Crippen LogP) is 18.3. The summed E-state index contributed by atoms with van der Waals surface area (Å²) in [4.78, 5) is 8.20. The summed E-state index contributed by atoms with van der Waals surface area (Å²) in [7, 11) is 0. The number of fused-ring (bicyclic) bond motifs is 13. The number of benzene rings is 9. The van der Waals surface area contributed by atoms with E-state index in [0.717, 1.165) is 6.42 Å². The van der Waals surface area contributed by atoms with Gasteiger partial charge >= 0.3 is 6.85 Å². The molecule has 0 spiro atoms. The second kappa shape index (κ2) is 15.5. The molecular formula is C68H61BN2S2. The van der Waals surface area contributed by atoms with E-state index in [0.29, 0.717) is 0 Å². The van der Waals surface area contributed by atoms with Crippen LogP contribution in [0.1, 0.15) is 109 Å². The molecule has 0 saturated carbocycles. The van der Waals surface area contributed by atoms with Crippen molar-refractivity contribution in [2.45, 2.75) is 114 Å². The third kappa shape index (κ3) is 6.50. The quantitative estimate of drug-likeness (QED) is 0.163. The highest BCUT2D eigenvalue weighted by atomic mass is 32.2. The lowest BCUT2D eigenvalue weighted by molar-refractivity contribution is 0.332. The van der Waals surface area contributed by atoms with E-state index in [2.05, 4.69) is 243 Å². The third-order valence-electron chi connectivity index (χ3n) is 17.6. The smallest absolute Gasteiger partial charge is 0.333 e. The molecule has 4 aliphatic rings. The van der Waals surface area contributed by atoms with E-state index in [-0.39, 0.29) is 28.5 Å². The lowest BCUT2D eigenvalue weighted by Crippen LogP contribution is -2.62. The van der Waals surface area contributed by atoms with Crippen molar-refractivity contribution in [3.05, 3.63) is 197 Å². The van der Waals surface area contributed by atoms with Crippen molar-refractivity contribution >= 4 is 100 Å². The zero-order chi connectivity index (χ0) is 50.1. The molecule has 1 aliphatic carbocycles. The molecule has 5 heteroatoms. The standard InChI is InChI=1S/C68H61BN2S2/c1-40-34-49-50(67(7,8)33-32-66(49,5)6)38-55(40)70-56-39-60-51(68(9,10)48-25-17-19-27-59(48)72-60)37-52(56)69-63-57(70)35-42-22-14-15-23-44(42)61(63)62-54(31-29-46-45-24-16-18-26-58(45)73-64(46)62)71(69)53-30-28-43(65(2,3)4)36-47(53)41-20-12-11-13-21-41/h11-31,34-39H,32-33H2,1-10H3. The Morgan fingerprint density at radius 1 is 0.521 bits per heavy atom. The second-order valence-corrected chi connectivity index (χ2v) is 26.5. The van der Waals surface area contributed by atoms with Gasteiger partial charge in [-0.2, -0.15) is 0 Å². The Bertz CT molecular complexity index is 4000. The maximum Gasteiger partial charge on any atom is 0.333 e. The number of nitrogens with zero attached hydrogens (tertiary/aromatic N) is 2. The Balaban J connectivity index is 1.17. The van der Waals surface area contributed by atoms with Gasteiger partial charge in [0.1, 0.15) is 0 Å². The summed E-state index contributed by atoms with van der Waals surface area (Å²) in [5.41, 5.74) is 22.4. The van der Waals surface area contributed by atoms with Gasteiger partial charge in [-0.15, -0.1) is 11.3 Å². The van der Waals surface area contributed by atoms with Crippen molar-refractivity contribution in [1.29, 1.82) is 0 Å². The molecule has 3 aliphatic heterocycles. The SMILES string of the molecule is Cc1cc2c(cc1N1c3cc4c(cc3B3c5c1cc1ccccc1c5-c1c(ccc5c1sc1ccccc15)N3c1ccc(C(C)(C)C)cc1-c1ccccc1)C(C)(C)c1ccccc1S4)C(C)(C)CCC2(C)C. The molecule has 73 heavy (non-hydrogen) atoms. The maximum atomic E-state index is 2.79. The lowest BCUT2D eigenvalue weighted by Gasteiger charge is -2.48. The Hall–Kier alpha value is -6.53. The van der Waals surface area contributed by atoms with Crippen LogP contribution in [0.3, 0.4) is 0 Å². The first-order valence-corrected chi connectivity index (χ1v) is 28.0. The summed E-state index contributed by atoms with van der Waals surface area (Å²) in [6.45, 7) is 24.0. The zero-order valence-corrected chi connectivity index (χ0v) is 45.4. The lowest BCUT2D eigenvalue weighted by atomic mass is 9.42. The van der Waals surface area contributed by atoms with Gasteiger partial charge in [0.25, 0.3) is 0 Å². The fourth-order valence-corrected chi connectivity index (χ4v) is 16.1.